The molecule has 0 aliphatic rings. The number of alkyl halides is 3. The first-order chi connectivity index (χ1) is 16.3. The van der Waals surface area contributed by atoms with Crippen LogP contribution in [0.2, 0.25) is 0 Å². The Morgan fingerprint density at radius 1 is 1.06 bits per heavy atom. The number of ether oxygens (including phenoxy) is 1. The largest absolute Gasteiger partial charge is 0.478 e. The van der Waals surface area contributed by atoms with Gasteiger partial charge < -0.3 is 14.7 Å². The Morgan fingerprint density at radius 3 is 2.20 bits per heavy atom. The van der Waals surface area contributed by atoms with E-state index in [2.05, 4.69) is 4.98 Å². The highest BCUT2D eigenvalue weighted by Gasteiger charge is 2.30. The van der Waals surface area contributed by atoms with Crippen LogP contribution < -0.4 is 4.74 Å². The van der Waals surface area contributed by atoms with Crippen LogP contribution in [0.25, 0.3) is 10.6 Å². The second-order valence-corrected chi connectivity index (χ2v) is 9.55. The van der Waals surface area contributed by atoms with E-state index >= 15 is 0 Å². The second kappa shape index (κ2) is 10.1. The van der Waals surface area contributed by atoms with E-state index in [0.29, 0.717) is 39.9 Å². The number of thiazole rings is 1. The summed E-state index contributed by atoms with van der Waals surface area (Å²) in [6.07, 6.45) is -3.85. The number of hydrogen-bond acceptors (Lipinski definition) is 5. The predicted octanol–water partition coefficient (Wildman–Crippen LogP) is 5.69. The van der Waals surface area contributed by atoms with Gasteiger partial charge in [0.1, 0.15) is 15.6 Å². The third kappa shape index (κ3) is 6.39. The van der Waals surface area contributed by atoms with Gasteiger partial charge in [-0.2, -0.15) is 13.2 Å². The SMILES string of the molecule is Cc1nc(-c2ccc(C(F)(F)F)cc2)sc1C(=O)N(C)CCc1ccc(OC(C)(C)C(=O)O)cc1. The number of benzene rings is 2. The predicted molar refractivity (Wildman–Crippen MR) is 127 cm³/mol. The second-order valence-electron chi connectivity index (χ2n) is 8.55. The molecule has 0 spiro atoms. The van der Waals surface area contributed by atoms with Crippen LogP contribution in [-0.2, 0) is 17.4 Å². The van der Waals surface area contributed by atoms with Gasteiger partial charge in [-0.3, -0.25) is 4.79 Å². The van der Waals surface area contributed by atoms with Crippen molar-refractivity contribution in [2.24, 2.45) is 0 Å². The number of carbonyl (C=O) groups excluding carboxylic acids is 1. The number of aromatic nitrogens is 1. The Bertz CT molecular complexity index is 1200. The molecule has 6 nitrogen and oxygen atoms in total. The van der Waals surface area contributed by atoms with Crippen molar-refractivity contribution in [3.8, 4) is 16.3 Å². The van der Waals surface area contributed by atoms with Gasteiger partial charge >= 0.3 is 12.1 Å². The van der Waals surface area contributed by atoms with Gasteiger partial charge in [0.05, 0.1) is 11.3 Å². The average Bonchev–Trinajstić information content (AvgIpc) is 3.18. The number of carboxylic acid groups (broad SMARTS) is 1. The molecular weight excluding hydrogens is 481 g/mol. The van der Waals surface area contributed by atoms with Crippen molar-refractivity contribution < 1.29 is 32.6 Å². The van der Waals surface area contributed by atoms with Crippen LogP contribution in [-0.4, -0.2) is 46.1 Å². The minimum atomic E-state index is -4.41. The number of halogens is 3. The molecule has 1 amide bonds. The van der Waals surface area contributed by atoms with Gasteiger partial charge in [-0.25, -0.2) is 9.78 Å². The third-order valence-corrected chi connectivity index (χ3v) is 6.54. The first kappa shape index (κ1) is 26.2. The number of hydrogen-bond donors (Lipinski definition) is 1. The van der Waals surface area contributed by atoms with Gasteiger partial charge in [0.25, 0.3) is 5.91 Å². The van der Waals surface area contributed by atoms with E-state index < -0.39 is 23.3 Å². The van der Waals surface area contributed by atoms with Crippen molar-refractivity contribution in [3.63, 3.8) is 0 Å². The molecule has 2 aromatic carbocycles. The lowest BCUT2D eigenvalue weighted by Gasteiger charge is -2.21. The maximum atomic E-state index is 13.0. The Labute approximate surface area is 205 Å². The normalized spacial score (nSPS) is 11.9. The highest BCUT2D eigenvalue weighted by atomic mass is 32.1. The highest BCUT2D eigenvalue weighted by molar-refractivity contribution is 7.17. The lowest BCUT2D eigenvalue weighted by atomic mass is 10.1. The minimum Gasteiger partial charge on any atom is -0.478 e. The van der Waals surface area contributed by atoms with Crippen molar-refractivity contribution in [1.82, 2.24) is 9.88 Å². The van der Waals surface area contributed by atoms with Crippen molar-refractivity contribution in [2.75, 3.05) is 13.6 Å². The number of aliphatic carboxylic acids is 1. The number of likely N-dealkylation sites (N-methyl/N-ethyl adjacent to an activating group) is 1. The van der Waals surface area contributed by atoms with E-state index in [9.17, 15) is 22.8 Å². The molecule has 1 N–H and O–H groups in total. The fourth-order valence-electron chi connectivity index (χ4n) is 3.15. The lowest BCUT2D eigenvalue weighted by molar-refractivity contribution is -0.152. The average molecular weight is 507 g/mol. The molecule has 1 aromatic heterocycles. The topological polar surface area (TPSA) is 79.7 Å². The molecule has 3 rings (SSSR count). The quantitative estimate of drug-likeness (QED) is 0.424. The van der Waals surface area contributed by atoms with Crippen molar-refractivity contribution in [3.05, 3.63) is 70.2 Å². The summed E-state index contributed by atoms with van der Waals surface area (Å²) in [5, 5.41) is 9.65. The molecule has 0 atom stereocenters. The summed E-state index contributed by atoms with van der Waals surface area (Å²) < 4.78 is 43.9. The maximum absolute atomic E-state index is 13.0. The molecule has 0 radical (unpaired) electrons. The van der Waals surface area contributed by atoms with Gasteiger partial charge in [-0.05, 0) is 57.0 Å². The highest BCUT2D eigenvalue weighted by Crippen LogP contribution is 2.33. The summed E-state index contributed by atoms with van der Waals surface area (Å²) in [4.78, 5) is 30.5. The molecule has 0 aliphatic carbocycles. The molecule has 1 heterocycles. The standard InChI is InChI=1S/C25H25F3N2O4S/c1-15-20(35-21(29-15)17-7-9-18(10-8-17)25(26,27)28)22(31)30(4)14-13-16-5-11-19(12-6-16)34-24(2,3)23(32)33/h5-12H,13-14H2,1-4H3,(H,32,33). The van der Waals surface area contributed by atoms with Crippen molar-refractivity contribution in [1.29, 1.82) is 0 Å². The zero-order chi connectivity index (χ0) is 26.0. The van der Waals surface area contributed by atoms with Gasteiger partial charge in [0.2, 0.25) is 0 Å². The molecular formula is C25H25F3N2O4S. The van der Waals surface area contributed by atoms with Gasteiger partial charge in [-0.1, -0.05) is 24.3 Å². The first-order valence-corrected chi connectivity index (χ1v) is 11.5. The van der Waals surface area contributed by atoms with Crippen LogP contribution in [0.1, 0.15) is 40.3 Å². The summed E-state index contributed by atoms with van der Waals surface area (Å²) in [5.41, 5.74) is -0.113. The number of aryl methyl sites for hydroxylation is 1. The van der Waals surface area contributed by atoms with E-state index in [1.54, 1.807) is 31.0 Å². The fourth-order valence-corrected chi connectivity index (χ4v) is 4.22. The summed E-state index contributed by atoms with van der Waals surface area (Å²) in [6, 6.07) is 11.7. The molecule has 0 aliphatic heterocycles. The maximum Gasteiger partial charge on any atom is 0.416 e. The number of rotatable bonds is 8. The van der Waals surface area contributed by atoms with Crippen LogP contribution in [0.15, 0.2) is 48.5 Å². The van der Waals surface area contributed by atoms with Crippen molar-refractivity contribution in [2.45, 2.75) is 39.0 Å². The first-order valence-electron chi connectivity index (χ1n) is 10.7. The molecule has 0 bridgehead atoms. The summed E-state index contributed by atoms with van der Waals surface area (Å²) in [5.74, 6) is -0.857. The molecule has 186 valence electrons. The molecule has 0 saturated heterocycles. The Balaban J connectivity index is 1.63. The zero-order valence-corrected chi connectivity index (χ0v) is 20.5. The molecule has 10 heteroatoms. The number of amides is 1. The Morgan fingerprint density at radius 2 is 1.66 bits per heavy atom. The molecule has 0 fully saturated rings. The lowest BCUT2D eigenvalue weighted by Crippen LogP contribution is -2.37. The summed E-state index contributed by atoms with van der Waals surface area (Å²) in [6.45, 7) is 5.05. The fraction of sp³-hybridized carbons (Fsp3) is 0.320. The smallest absolute Gasteiger partial charge is 0.416 e. The van der Waals surface area contributed by atoms with Crippen LogP contribution >= 0.6 is 11.3 Å². The van der Waals surface area contributed by atoms with Gasteiger partial charge in [-0.15, -0.1) is 11.3 Å². The van der Waals surface area contributed by atoms with E-state index in [1.807, 2.05) is 12.1 Å². The monoisotopic (exact) mass is 506 g/mol. The number of carboxylic acids is 1. The Hall–Kier alpha value is -3.40. The summed E-state index contributed by atoms with van der Waals surface area (Å²) >= 11 is 1.15. The van der Waals surface area contributed by atoms with E-state index in [4.69, 9.17) is 9.84 Å². The third-order valence-electron chi connectivity index (χ3n) is 5.34. The number of carbonyl (C=O) groups is 2. The van der Waals surface area contributed by atoms with E-state index in [-0.39, 0.29) is 5.91 Å². The van der Waals surface area contributed by atoms with Gasteiger partial charge in [0, 0.05) is 19.2 Å². The molecule has 3 aromatic rings. The molecule has 0 saturated carbocycles. The molecule has 35 heavy (non-hydrogen) atoms. The zero-order valence-electron chi connectivity index (χ0n) is 19.6. The van der Waals surface area contributed by atoms with E-state index in [0.717, 1.165) is 29.0 Å². The summed E-state index contributed by atoms with van der Waals surface area (Å²) in [7, 11) is 1.67. The van der Waals surface area contributed by atoms with Crippen LogP contribution in [0.5, 0.6) is 5.75 Å². The molecule has 0 unspecified atom stereocenters. The van der Waals surface area contributed by atoms with Crippen LogP contribution in [0.4, 0.5) is 13.2 Å². The van der Waals surface area contributed by atoms with Gasteiger partial charge in [0.15, 0.2) is 5.60 Å². The number of nitrogens with zero attached hydrogens (tertiary/aromatic N) is 2. The van der Waals surface area contributed by atoms with Crippen LogP contribution in [0, 0.1) is 6.92 Å². The van der Waals surface area contributed by atoms with Crippen LogP contribution in [0.3, 0.4) is 0 Å². The van der Waals surface area contributed by atoms with Crippen molar-refractivity contribution >= 4 is 23.2 Å². The minimum absolute atomic E-state index is 0.221. The Kier molecular flexibility index (Phi) is 7.54. The van der Waals surface area contributed by atoms with E-state index in [1.165, 1.54) is 26.0 Å².